The van der Waals surface area contributed by atoms with Crippen LogP contribution in [-0.2, 0) is 0 Å². The summed E-state index contributed by atoms with van der Waals surface area (Å²) in [4.78, 5) is 6.75. The smallest absolute Gasteiger partial charge is 0.102 e. The third kappa shape index (κ3) is 3.56. The van der Waals surface area contributed by atoms with Crippen molar-refractivity contribution in [2.75, 3.05) is 0 Å². The van der Waals surface area contributed by atoms with Gasteiger partial charge < -0.3 is 4.98 Å². The van der Waals surface area contributed by atoms with E-state index in [1.165, 1.54) is 0 Å². The maximum Gasteiger partial charge on any atom is 0.102 e. The quantitative estimate of drug-likeness (QED) is 0.630. The van der Waals surface area contributed by atoms with E-state index in [-0.39, 0.29) is 0 Å². The summed E-state index contributed by atoms with van der Waals surface area (Å²) in [6.07, 6.45) is 3.53. The zero-order valence-corrected chi connectivity index (χ0v) is 7.07. The minimum atomic E-state index is 0.968. The van der Waals surface area contributed by atoms with Crippen LogP contribution in [0.1, 0.15) is 5.82 Å². The molecule has 0 aliphatic carbocycles. The zero-order chi connectivity index (χ0) is 8.65. The average Bonchev–Trinajstić information content (AvgIpc) is 2.60. The van der Waals surface area contributed by atoms with Crippen LogP contribution in [0, 0.1) is 6.92 Å². The highest BCUT2D eigenvalue weighted by Crippen LogP contribution is 1.80. The third-order valence-corrected chi connectivity index (χ3v) is 1.30. The topological polar surface area (TPSA) is 28.7 Å². The van der Waals surface area contributed by atoms with Gasteiger partial charge in [0.1, 0.15) is 5.82 Å². The predicted molar refractivity (Wildman–Crippen MR) is 49.8 cm³/mol. The van der Waals surface area contributed by atoms with Crippen LogP contribution in [-0.4, -0.2) is 9.97 Å². The van der Waals surface area contributed by atoms with Gasteiger partial charge in [0, 0.05) is 12.4 Å². The molecular weight excluding hydrogens is 148 g/mol. The molecule has 0 bridgehead atoms. The molecule has 0 aliphatic heterocycles. The van der Waals surface area contributed by atoms with Crippen LogP contribution in [0.15, 0.2) is 48.8 Å². The lowest BCUT2D eigenvalue weighted by atomic mass is 10.4. The number of hydrogen-bond acceptors (Lipinski definition) is 1. The second-order valence-electron chi connectivity index (χ2n) is 2.33. The molecule has 1 aromatic carbocycles. The Hall–Kier alpha value is -1.57. The van der Waals surface area contributed by atoms with Gasteiger partial charge in [-0.2, -0.15) is 0 Å². The Balaban J connectivity index is 0.000000120. The Bertz CT molecular complexity index is 247. The van der Waals surface area contributed by atoms with E-state index in [0.29, 0.717) is 0 Å². The number of rotatable bonds is 0. The fourth-order valence-electron chi connectivity index (χ4n) is 0.729. The molecule has 0 atom stereocenters. The molecule has 2 nitrogen and oxygen atoms in total. The molecular formula is C10H12N2. The summed E-state index contributed by atoms with van der Waals surface area (Å²) in [6, 6.07) is 12.0. The van der Waals surface area contributed by atoms with Gasteiger partial charge in [-0.05, 0) is 6.92 Å². The molecule has 2 rings (SSSR count). The van der Waals surface area contributed by atoms with Crippen LogP contribution >= 0.6 is 0 Å². The fraction of sp³-hybridized carbons (Fsp3) is 0.100. The number of aryl methyl sites for hydroxylation is 1. The highest BCUT2D eigenvalue weighted by atomic mass is 14.9. The van der Waals surface area contributed by atoms with Crippen LogP contribution in [0.2, 0.25) is 0 Å². The van der Waals surface area contributed by atoms with Gasteiger partial charge in [0.2, 0.25) is 0 Å². The normalized spacial score (nSPS) is 8.42. The Morgan fingerprint density at radius 1 is 1.00 bits per heavy atom. The van der Waals surface area contributed by atoms with Crippen molar-refractivity contribution >= 4 is 0 Å². The number of aromatic nitrogens is 2. The fourth-order valence-corrected chi connectivity index (χ4v) is 0.729. The zero-order valence-electron chi connectivity index (χ0n) is 7.07. The average molecular weight is 160 g/mol. The monoisotopic (exact) mass is 160 g/mol. The van der Waals surface area contributed by atoms with E-state index in [4.69, 9.17) is 0 Å². The molecule has 2 aromatic rings. The molecule has 0 spiro atoms. The van der Waals surface area contributed by atoms with Crippen molar-refractivity contribution in [1.29, 1.82) is 0 Å². The van der Waals surface area contributed by atoms with Crippen molar-refractivity contribution in [3.8, 4) is 0 Å². The molecule has 0 fully saturated rings. The van der Waals surface area contributed by atoms with Gasteiger partial charge in [0.15, 0.2) is 0 Å². The van der Waals surface area contributed by atoms with E-state index in [2.05, 4.69) is 9.97 Å². The second kappa shape index (κ2) is 5.13. The number of imidazole rings is 1. The third-order valence-electron chi connectivity index (χ3n) is 1.30. The van der Waals surface area contributed by atoms with Crippen molar-refractivity contribution in [2.24, 2.45) is 0 Å². The van der Waals surface area contributed by atoms with Crippen molar-refractivity contribution in [3.63, 3.8) is 0 Å². The van der Waals surface area contributed by atoms with Crippen molar-refractivity contribution in [3.05, 3.63) is 54.6 Å². The summed E-state index contributed by atoms with van der Waals surface area (Å²) in [5, 5.41) is 0. The number of benzene rings is 1. The lowest BCUT2D eigenvalue weighted by Gasteiger charge is -1.69. The van der Waals surface area contributed by atoms with E-state index < -0.39 is 0 Å². The minimum absolute atomic E-state index is 0.968. The Labute approximate surface area is 72.3 Å². The Morgan fingerprint density at radius 3 is 1.67 bits per heavy atom. The number of hydrogen-bond donors (Lipinski definition) is 1. The van der Waals surface area contributed by atoms with E-state index >= 15 is 0 Å². The van der Waals surface area contributed by atoms with E-state index in [9.17, 15) is 0 Å². The van der Waals surface area contributed by atoms with Crippen LogP contribution in [0.25, 0.3) is 0 Å². The number of nitrogens with one attached hydrogen (secondary N) is 1. The predicted octanol–water partition coefficient (Wildman–Crippen LogP) is 2.40. The molecule has 62 valence electrons. The number of nitrogens with zero attached hydrogens (tertiary/aromatic N) is 1. The molecule has 1 heterocycles. The minimum Gasteiger partial charge on any atom is -0.349 e. The number of H-pyrrole nitrogens is 1. The lowest BCUT2D eigenvalue weighted by molar-refractivity contribution is 1.15. The summed E-state index contributed by atoms with van der Waals surface area (Å²) in [6.45, 7) is 1.92. The molecule has 0 unspecified atom stereocenters. The molecule has 0 amide bonds. The summed E-state index contributed by atoms with van der Waals surface area (Å²) < 4.78 is 0. The first-order chi connectivity index (χ1) is 5.89. The van der Waals surface area contributed by atoms with Gasteiger partial charge in [-0.3, -0.25) is 0 Å². The van der Waals surface area contributed by atoms with Gasteiger partial charge in [-0.1, -0.05) is 36.4 Å². The highest BCUT2D eigenvalue weighted by molar-refractivity contribution is 4.99. The molecule has 0 aliphatic rings. The van der Waals surface area contributed by atoms with E-state index in [1.54, 1.807) is 12.4 Å². The standard InChI is InChI=1S/C6H6.C4H6N2/c1-2-4-6-5-3-1;1-4-5-2-3-6-4/h1-6H;2-3H,1H3,(H,5,6). The summed E-state index contributed by atoms with van der Waals surface area (Å²) in [5.74, 6) is 0.968. The van der Waals surface area contributed by atoms with Gasteiger partial charge in [-0.15, -0.1) is 0 Å². The summed E-state index contributed by atoms with van der Waals surface area (Å²) in [7, 11) is 0. The molecule has 0 radical (unpaired) electrons. The first kappa shape index (κ1) is 8.53. The highest BCUT2D eigenvalue weighted by Gasteiger charge is 1.73. The molecule has 1 N–H and O–H groups in total. The largest absolute Gasteiger partial charge is 0.349 e. The van der Waals surface area contributed by atoms with Crippen LogP contribution < -0.4 is 0 Å². The van der Waals surface area contributed by atoms with Crippen LogP contribution in [0.3, 0.4) is 0 Å². The summed E-state index contributed by atoms with van der Waals surface area (Å²) >= 11 is 0. The van der Waals surface area contributed by atoms with E-state index in [0.717, 1.165) is 5.82 Å². The first-order valence-corrected chi connectivity index (χ1v) is 3.85. The molecule has 12 heavy (non-hydrogen) atoms. The van der Waals surface area contributed by atoms with Crippen LogP contribution in [0.4, 0.5) is 0 Å². The number of aromatic amines is 1. The SMILES string of the molecule is Cc1ncc[nH]1.c1ccccc1. The van der Waals surface area contributed by atoms with Gasteiger partial charge in [0.25, 0.3) is 0 Å². The molecule has 1 aromatic heterocycles. The van der Waals surface area contributed by atoms with Gasteiger partial charge >= 0.3 is 0 Å². The molecule has 2 heteroatoms. The Kier molecular flexibility index (Phi) is 3.64. The summed E-state index contributed by atoms with van der Waals surface area (Å²) in [5.41, 5.74) is 0. The Morgan fingerprint density at radius 2 is 1.50 bits per heavy atom. The van der Waals surface area contributed by atoms with Gasteiger partial charge in [-0.25, -0.2) is 4.98 Å². The van der Waals surface area contributed by atoms with Gasteiger partial charge in [0.05, 0.1) is 0 Å². The first-order valence-electron chi connectivity index (χ1n) is 3.85. The van der Waals surface area contributed by atoms with Crippen LogP contribution in [0.5, 0.6) is 0 Å². The van der Waals surface area contributed by atoms with Crippen molar-refractivity contribution in [1.82, 2.24) is 9.97 Å². The van der Waals surface area contributed by atoms with Crippen molar-refractivity contribution < 1.29 is 0 Å². The maximum atomic E-state index is 3.86. The maximum absolute atomic E-state index is 3.86. The second-order valence-corrected chi connectivity index (χ2v) is 2.33. The van der Waals surface area contributed by atoms with Crippen molar-refractivity contribution in [2.45, 2.75) is 6.92 Å². The molecule has 0 saturated heterocycles. The lowest BCUT2D eigenvalue weighted by Crippen LogP contribution is -1.66. The molecule has 0 saturated carbocycles. The van der Waals surface area contributed by atoms with E-state index in [1.807, 2.05) is 43.3 Å².